The van der Waals surface area contributed by atoms with E-state index in [1.165, 1.54) is 6.07 Å². The van der Waals surface area contributed by atoms with Gasteiger partial charge in [0.05, 0.1) is 15.9 Å². The number of furan rings is 1. The summed E-state index contributed by atoms with van der Waals surface area (Å²) in [4.78, 5) is 24.6. The Balaban J connectivity index is 1.88. The van der Waals surface area contributed by atoms with Crippen LogP contribution in [0, 0.1) is 13.8 Å². The summed E-state index contributed by atoms with van der Waals surface area (Å²) in [6.07, 6.45) is 3.34. The molecule has 0 aliphatic carbocycles. The van der Waals surface area contributed by atoms with E-state index in [1.54, 1.807) is 12.4 Å². The minimum atomic E-state index is -0.0978. The van der Waals surface area contributed by atoms with E-state index in [9.17, 15) is 4.79 Å². The molecule has 1 aromatic carbocycles. The zero-order chi connectivity index (χ0) is 20.1. The first-order valence-electron chi connectivity index (χ1n) is 9.16. The van der Waals surface area contributed by atoms with Gasteiger partial charge in [-0.2, -0.15) is 0 Å². The highest BCUT2D eigenvalue weighted by Crippen LogP contribution is 2.37. The molecule has 4 heterocycles. The fraction of sp³-hybridized carbons (Fsp3) is 0.0870. The molecule has 0 atom stereocenters. The summed E-state index contributed by atoms with van der Waals surface area (Å²) in [5.41, 5.74) is 4.49. The second-order valence-electron chi connectivity index (χ2n) is 7.02. The summed E-state index contributed by atoms with van der Waals surface area (Å²) in [6.45, 7) is 3.90. The van der Waals surface area contributed by atoms with Crippen LogP contribution in [0.25, 0.3) is 44.5 Å². The first-order chi connectivity index (χ1) is 14.0. The van der Waals surface area contributed by atoms with Crippen molar-refractivity contribution in [1.29, 1.82) is 0 Å². The lowest BCUT2D eigenvalue weighted by atomic mass is 9.98. The molecule has 29 heavy (non-hydrogen) atoms. The molecule has 0 aliphatic rings. The summed E-state index contributed by atoms with van der Waals surface area (Å²) >= 11 is 6.56. The Hall–Kier alpha value is -3.44. The molecule has 5 nitrogen and oxygen atoms in total. The predicted molar refractivity (Wildman–Crippen MR) is 115 cm³/mol. The van der Waals surface area contributed by atoms with E-state index in [4.69, 9.17) is 21.0 Å². The number of halogens is 1. The van der Waals surface area contributed by atoms with Gasteiger partial charge in [0.15, 0.2) is 11.2 Å². The van der Waals surface area contributed by atoms with Gasteiger partial charge in [-0.25, -0.2) is 4.98 Å². The van der Waals surface area contributed by atoms with Gasteiger partial charge in [0, 0.05) is 29.4 Å². The number of rotatable bonds is 2. The van der Waals surface area contributed by atoms with Crippen LogP contribution in [0.5, 0.6) is 0 Å². The largest absolute Gasteiger partial charge is 0.460 e. The van der Waals surface area contributed by atoms with Crippen molar-refractivity contribution in [2.45, 2.75) is 13.8 Å². The van der Waals surface area contributed by atoms with E-state index in [1.807, 2.05) is 50.2 Å². The second-order valence-corrected chi connectivity index (χ2v) is 7.42. The molecule has 0 saturated carbocycles. The summed E-state index contributed by atoms with van der Waals surface area (Å²) < 4.78 is 5.85. The van der Waals surface area contributed by atoms with Crippen LogP contribution in [0.1, 0.15) is 11.3 Å². The maximum Gasteiger partial charge on any atom is 0.191 e. The van der Waals surface area contributed by atoms with Gasteiger partial charge < -0.3 is 9.40 Å². The van der Waals surface area contributed by atoms with Crippen molar-refractivity contribution in [3.8, 4) is 22.6 Å². The molecule has 5 aromatic rings. The lowest BCUT2D eigenvalue weighted by molar-refractivity contribution is 0.547. The molecule has 0 bridgehead atoms. The Morgan fingerprint density at radius 3 is 2.69 bits per heavy atom. The van der Waals surface area contributed by atoms with E-state index in [-0.39, 0.29) is 5.43 Å². The second kappa shape index (κ2) is 6.57. The van der Waals surface area contributed by atoms with Gasteiger partial charge in [0.1, 0.15) is 17.1 Å². The van der Waals surface area contributed by atoms with Crippen molar-refractivity contribution in [2.75, 3.05) is 0 Å². The number of H-pyrrole nitrogens is 1. The zero-order valence-corrected chi connectivity index (χ0v) is 16.5. The summed E-state index contributed by atoms with van der Waals surface area (Å²) in [7, 11) is 0. The number of fused-ring (bicyclic) bond motifs is 2. The third-order valence-corrected chi connectivity index (χ3v) is 5.33. The molecule has 0 amide bonds. The van der Waals surface area contributed by atoms with Crippen molar-refractivity contribution < 1.29 is 4.42 Å². The molecule has 1 N–H and O–H groups in total. The van der Waals surface area contributed by atoms with Gasteiger partial charge in [-0.3, -0.25) is 9.78 Å². The fourth-order valence-corrected chi connectivity index (χ4v) is 3.83. The van der Waals surface area contributed by atoms with Gasteiger partial charge in [-0.05, 0) is 61.4 Å². The number of nitrogens with zero attached hydrogens (tertiary/aromatic N) is 2. The number of aromatic nitrogens is 3. The number of aryl methyl sites for hydroxylation is 2. The Kier molecular flexibility index (Phi) is 4.00. The van der Waals surface area contributed by atoms with Gasteiger partial charge in [0.25, 0.3) is 0 Å². The van der Waals surface area contributed by atoms with Crippen LogP contribution < -0.4 is 5.43 Å². The molecule has 0 saturated heterocycles. The number of benzene rings is 1. The average molecular weight is 402 g/mol. The highest BCUT2D eigenvalue weighted by molar-refractivity contribution is 6.35. The Morgan fingerprint density at radius 1 is 1.03 bits per heavy atom. The molecule has 0 fully saturated rings. The number of hydrogen-bond donors (Lipinski definition) is 1. The number of aromatic amines is 1. The molecule has 4 aromatic heterocycles. The number of nitrogens with one attached hydrogen (secondary N) is 1. The van der Waals surface area contributed by atoms with E-state index in [0.29, 0.717) is 27.5 Å². The predicted octanol–water partition coefficient (Wildman–Crippen LogP) is 5.67. The average Bonchev–Trinajstić information content (AvgIpc) is 3.14. The zero-order valence-electron chi connectivity index (χ0n) is 15.8. The van der Waals surface area contributed by atoms with E-state index < -0.39 is 0 Å². The van der Waals surface area contributed by atoms with Crippen molar-refractivity contribution in [3.05, 3.63) is 81.4 Å². The highest BCUT2D eigenvalue weighted by Gasteiger charge is 2.17. The molecule has 0 radical (unpaired) electrons. The molecule has 142 valence electrons. The van der Waals surface area contributed by atoms with Crippen LogP contribution in [0.2, 0.25) is 5.02 Å². The van der Waals surface area contributed by atoms with E-state index in [2.05, 4.69) is 9.97 Å². The van der Waals surface area contributed by atoms with Crippen LogP contribution in [-0.4, -0.2) is 15.0 Å². The Bertz CT molecular complexity index is 1470. The normalized spacial score (nSPS) is 11.4. The van der Waals surface area contributed by atoms with Crippen LogP contribution in [-0.2, 0) is 0 Å². The first-order valence-corrected chi connectivity index (χ1v) is 9.53. The first kappa shape index (κ1) is 17.6. The maximum atomic E-state index is 12.4. The molecular weight excluding hydrogens is 386 g/mol. The summed E-state index contributed by atoms with van der Waals surface area (Å²) in [6, 6.07) is 12.9. The minimum absolute atomic E-state index is 0.0978. The topological polar surface area (TPSA) is 71.8 Å². The summed E-state index contributed by atoms with van der Waals surface area (Å²) in [5, 5.41) is 2.01. The third-order valence-electron chi connectivity index (χ3n) is 5.04. The van der Waals surface area contributed by atoms with Gasteiger partial charge in [-0.15, -0.1) is 0 Å². The van der Waals surface area contributed by atoms with Crippen molar-refractivity contribution >= 4 is 33.5 Å². The minimum Gasteiger partial charge on any atom is -0.460 e. The van der Waals surface area contributed by atoms with Crippen molar-refractivity contribution in [3.63, 3.8) is 0 Å². The molecule has 0 aliphatic heterocycles. The standard InChI is InChI=1S/C23H16ClN3O2/c1-12-5-7-25-21-15(12)9-14(10-18(21)24)16-11-17-19(28)6-8-26-23(17)27-22(16)20-4-3-13(2)29-20/h3-11H,1-2H3,(H,26,27,28). The summed E-state index contributed by atoms with van der Waals surface area (Å²) in [5.74, 6) is 1.41. The van der Waals surface area contributed by atoms with Crippen LogP contribution in [0.3, 0.4) is 0 Å². The Labute approximate surface area is 171 Å². The lowest BCUT2D eigenvalue weighted by Gasteiger charge is -2.12. The Morgan fingerprint density at radius 2 is 1.90 bits per heavy atom. The van der Waals surface area contributed by atoms with Gasteiger partial charge in [0.2, 0.25) is 0 Å². The lowest BCUT2D eigenvalue weighted by Crippen LogP contribution is -2.03. The number of pyridine rings is 3. The van der Waals surface area contributed by atoms with Gasteiger partial charge >= 0.3 is 0 Å². The van der Waals surface area contributed by atoms with Gasteiger partial charge in [-0.1, -0.05) is 11.6 Å². The van der Waals surface area contributed by atoms with E-state index in [0.717, 1.165) is 33.4 Å². The van der Waals surface area contributed by atoms with Crippen LogP contribution in [0.4, 0.5) is 0 Å². The van der Waals surface area contributed by atoms with Crippen LogP contribution >= 0.6 is 11.6 Å². The fourth-order valence-electron chi connectivity index (χ4n) is 3.57. The molecule has 0 unspecified atom stereocenters. The van der Waals surface area contributed by atoms with Crippen molar-refractivity contribution in [2.24, 2.45) is 0 Å². The SMILES string of the molecule is Cc1ccc(-c2nc3[nH]ccc(=O)c3cc2-c2cc(Cl)c3nccc(C)c3c2)o1. The number of hydrogen-bond acceptors (Lipinski definition) is 4. The maximum absolute atomic E-state index is 12.4. The van der Waals surface area contributed by atoms with Crippen molar-refractivity contribution in [1.82, 2.24) is 15.0 Å². The highest BCUT2D eigenvalue weighted by atomic mass is 35.5. The smallest absolute Gasteiger partial charge is 0.191 e. The molecule has 0 spiro atoms. The third kappa shape index (κ3) is 2.91. The van der Waals surface area contributed by atoms with Crippen LogP contribution in [0.15, 0.2) is 64.1 Å². The molecule has 5 rings (SSSR count). The monoisotopic (exact) mass is 401 g/mol. The molecule has 6 heteroatoms. The molecular formula is C23H16ClN3O2. The van der Waals surface area contributed by atoms with E-state index >= 15 is 0 Å². The quantitative estimate of drug-likeness (QED) is 0.413.